The van der Waals surface area contributed by atoms with Gasteiger partial charge in [0.25, 0.3) is 0 Å². The van der Waals surface area contributed by atoms with E-state index >= 15 is 0 Å². The van der Waals surface area contributed by atoms with Crippen LogP contribution in [0.1, 0.15) is 332 Å². The molecular formula is C75H128O10. The molecule has 0 aromatic heterocycles. The molecule has 488 valence electrons. The van der Waals surface area contributed by atoms with Crippen molar-refractivity contribution in [1.29, 1.82) is 0 Å². The number of carbonyl (C=O) groups excluding carboxylic acids is 5. The Morgan fingerprint density at radius 2 is 0.765 bits per heavy atom. The van der Waals surface area contributed by atoms with Gasteiger partial charge in [-0.1, -0.05) is 64.5 Å². The zero-order chi connectivity index (χ0) is 64.9. The maximum Gasteiger partial charge on any atom is 0.312 e. The van der Waals surface area contributed by atoms with Crippen LogP contribution in [0.4, 0.5) is 0 Å². The summed E-state index contributed by atoms with van der Waals surface area (Å²) in [7, 11) is 0. The van der Waals surface area contributed by atoms with Gasteiger partial charge < -0.3 is 23.7 Å². The van der Waals surface area contributed by atoms with E-state index in [2.05, 4.69) is 66.3 Å². The molecule has 6 rings (SSSR count). The summed E-state index contributed by atoms with van der Waals surface area (Å²) in [6, 6.07) is 0. The second-order valence-electron chi connectivity index (χ2n) is 30.0. The van der Waals surface area contributed by atoms with Gasteiger partial charge in [0.05, 0.1) is 27.1 Å². The first-order valence-corrected chi connectivity index (χ1v) is 33.8. The number of hydrogen-bond acceptors (Lipinski definition) is 10. The average Bonchev–Trinajstić information content (AvgIpc) is 2.88. The predicted molar refractivity (Wildman–Crippen MR) is 352 cm³/mol. The van der Waals surface area contributed by atoms with Gasteiger partial charge in [0.2, 0.25) is 0 Å². The summed E-state index contributed by atoms with van der Waals surface area (Å²) < 4.78 is 29.4. The van der Waals surface area contributed by atoms with E-state index in [0.717, 1.165) is 166 Å². The standard InChI is InChI=1S/C16H26O2.C16H28O2.C15H26O2.2C14H24O2/c1-4-15(2,3)14(17)18-16(11-7-8-12-16)13-9-5-6-10-13;1-7-15(5,6)14(17)18-16(10-8-9-11-16)13(4)12(2)3;1-6-14(4,5)13(16)17-15(11-12(2)3)9-7-8-10-15;1-6-13(4,5)12(15)16-14(11(2)3)9-7-8-10-14;1-5-9-14(10-7-8-11-14)16-12(15)13(3,4)6-2/h9H,4-8,10-12H2,1-3H3;7-11H2,1-6H3;11H,6-10H2,1-5H3;2,6-10H2,1,3-5H3;5,9H,6-8,10-11H2,1-4H3/b;;;;9-5+. The number of carbonyl (C=O) groups is 5. The fraction of sp³-hybridized carbons (Fsp3) is 0.800. The molecule has 10 nitrogen and oxygen atoms in total. The second kappa shape index (κ2) is 33.0. The molecule has 5 fully saturated rings. The average molecular weight is 1190 g/mol. The molecule has 0 atom stereocenters. The zero-order valence-electron chi connectivity index (χ0n) is 58.9. The molecular weight excluding hydrogens is 1060 g/mol. The van der Waals surface area contributed by atoms with Crippen molar-refractivity contribution in [3.8, 4) is 0 Å². The van der Waals surface area contributed by atoms with Crippen molar-refractivity contribution in [2.75, 3.05) is 0 Å². The van der Waals surface area contributed by atoms with Crippen molar-refractivity contribution in [3.05, 3.63) is 58.7 Å². The minimum absolute atomic E-state index is 0.0142. The van der Waals surface area contributed by atoms with Crippen LogP contribution in [0.2, 0.25) is 0 Å². The van der Waals surface area contributed by atoms with E-state index < -0.39 is 0 Å². The molecule has 0 aromatic carbocycles. The van der Waals surface area contributed by atoms with Crippen molar-refractivity contribution < 1.29 is 47.7 Å². The lowest BCUT2D eigenvalue weighted by atomic mass is 9.87. The van der Waals surface area contributed by atoms with Crippen LogP contribution in [0.3, 0.4) is 0 Å². The van der Waals surface area contributed by atoms with Crippen LogP contribution in [-0.2, 0) is 47.7 Å². The van der Waals surface area contributed by atoms with Gasteiger partial charge in [0.15, 0.2) is 0 Å². The topological polar surface area (TPSA) is 132 Å². The first kappa shape index (κ1) is 77.1. The summed E-state index contributed by atoms with van der Waals surface area (Å²) in [5, 5.41) is 0. The second-order valence-corrected chi connectivity index (χ2v) is 30.0. The Bertz CT molecular complexity index is 2290. The molecule has 0 spiro atoms. The zero-order valence-corrected chi connectivity index (χ0v) is 58.9. The van der Waals surface area contributed by atoms with Crippen LogP contribution in [0.5, 0.6) is 0 Å². The smallest absolute Gasteiger partial charge is 0.312 e. The van der Waals surface area contributed by atoms with Crippen molar-refractivity contribution in [2.45, 2.75) is 360 Å². The van der Waals surface area contributed by atoms with Crippen molar-refractivity contribution in [3.63, 3.8) is 0 Å². The molecule has 85 heavy (non-hydrogen) atoms. The highest BCUT2D eigenvalue weighted by atomic mass is 16.6. The van der Waals surface area contributed by atoms with E-state index in [-0.39, 0.29) is 84.9 Å². The Kier molecular flexibility index (Phi) is 30.0. The van der Waals surface area contributed by atoms with Crippen LogP contribution in [0.25, 0.3) is 0 Å². The Labute approximate surface area is 521 Å². The van der Waals surface area contributed by atoms with Crippen LogP contribution < -0.4 is 0 Å². The maximum atomic E-state index is 12.4. The van der Waals surface area contributed by atoms with Gasteiger partial charge in [-0.15, -0.1) is 0 Å². The normalized spacial score (nSPS) is 20.0. The molecule has 0 radical (unpaired) electrons. The van der Waals surface area contributed by atoms with E-state index in [0.29, 0.717) is 0 Å². The highest BCUT2D eigenvalue weighted by Crippen LogP contribution is 2.47. The molecule has 6 aliphatic carbocycles. The number of hydrogen-bond donors (Lipinski definition) is 0. The summed E-state index contributed by atoms with van der Waals surface area (Å²) in [5.41, 5.74) is 2.75. The molecule has 0 aliphatic heterocycles. The highest BCUT2D eigenvalue weighted by Gasteiger charge is 2.47. The SMILES string of the molecule is C/C=C/C1(OC(=O)C(C)(C)CC)CCCC1.C=C(C)C1(OC(=O)C(C)(C)CC)CCCC1.CCC(C)(C)C(=O)OC1(C(C)=C(C)C)CCCC1.CCC(C)(C)C(=O)OC1(C2=CCCC2)CCCC1.CCC(C)(C)C(=O)OC1(C=C(C)C)CCCC1. The summed E-state index contributed by atoms with van der Waals surface area (Å²) >= 11 is 0. The predicted octanol–water partition coefficient (Wildman–Crippen LogP) is 21.0. The Hall–Kier alpha value is -3.95. The molecule has 10 heteroatoms. The van der Waals surface area contributed by atoms with Gasteiger partial charge in [-0.25, -0.2) is 0 Å². The van der Waals surface area contributed by atoms with E-state index in [1.165, 1.54) is 41.6 Å². The summed E-state index contributed by atoms with van der Waals surface area (Å²) in [5.74, 6) is -0.262. The van der Waals surface area contributed by atoms with Gasteiger partial charge >= 0.3 is 29.8 Å². The third-order valence-electron chi connectivity index (χ3n) is 20.6. The Balaban J connectivity index is 0.000000363. The Morgan fingerprint density at radius 1 is 0.447 bits per heavy atom. The lowest BCUT2D eigenvalue weighted by Gasteiger charge is -2.35. The number of allylic oxidation sites excluding steroid dienone is 4. The third kappa shape index (κ3) is 22.0. The molecule has 0 heterocycles. The van der Waals surface area contributed by atoms with Crippen molar-refractivity contribution in [1.82, 2.24) is 0 Å². The van der Waals surface area contributed by atoms with Crippen LogP contribution in [0.15, 0.2) is 58.7 Å². The van der Waals surface area contributed by atoms with Crippen molar-refractivity contribution in [2.24, 2.45) is 27.1 Å². The fourth-order valence-electron chi connectivity index (χ4n) is 11.7. The number of ether oxygens (including phenoxy) is 5. The maximum absolute atomic E-state index is 12.4. The molecule has 0 bridgehead atoms. The van der Waals surface area contributed by atoms with E-state index in [1.54, 1.807) is 0 Å². The highest BCUT2D eigenvalue weighted by molar-refractivity contribution is 5.78. The third-order valence-corrected chi connectivity index (χ3v) is 20.6. The largest absolute Gasteiger partial charge is 0.454 e. The van der Waals surface area contributed by atoms with Gasteiger partial charge in [-0.2, -0.15) is 0 Å². The first-order chi connectivity index (χ1) is 39.4. The van der Waals surface area contributed by atoms with Gasteiger partial charge in [0, 0.05) is 0 Å². The first-order valence-electron chi connectivity index (χ1n) is 33.8. The van der Waals surface area contributed by atoms with Gasteiger partial charge in [-0.3, -0.25) is 24.0 Å². The van der Waals surface area contributed by atoms with Crippen molar-refractivity contribution >= 4 is 29.8 Å². The molecule has 0 aromatic rings. The minimum Gasteiger partial charge on any atom is -0.454 e. The monoisotopic (exact) mass is 1190 g/mol. The Morgan fingerprint density at radius 3 is 1.09 bits per heavy atom. The molecule has 0 saturated heterocycles. The number of esters is 5. The van der Waals surface area contributed by atoms with E-state index in [4.69, 9.17) is 23.7 Å². The molecule has 0 amide bonds. The van der Waals surface area contributed by atoms with Gasteiger partial charge in [0.1, 0.15) is 28.0 Å². The summed E-state index contributed by atoms with van der Waals surface area (Å²) in [4.78, 5) is 61.1. The summed E-state index contributed by atoms with van der Waals surface area (Å²) in [6.45, 7) is 48.2. The quantitative estimate of drug-likeness (QED) is 0.0659. The van der Waals surface area contributed by atoms with E-state index in [1.807, 2.05) is 117 Å². The summed E-state index contributed by atoms with van der Waals surface area (Å²) in [6.07, 6.45) is 37.5. The lowest BCUT2D eigenvalue weighted by Crippen LogP contribution is -2.39. The van der Waals surface area contributed by atoms with Crippen LogP contribution >= 0.6 is 0 Å². The van der Waals surface area contributed by atoms with E-state index in [9.17, 15) is 24.0 Å². The van der Waals surface area contributed by atoms with Gasteiger partial charge in [-0.05, 0) is 326 Å². The molecule has 0 N–H and O–H groups in total. The van der Waals surface area contributed by atoms with Crippen LogP contribution in [-0.4, -0.2) is 57.9 Å². The lowest BCUT2D eigenvalue weighted by molar-refractivity contribution is -0.167. The molecule has 0 unspecified atom stereocenters. The van der Waals surface area contributed by atoms with Crippen LogP contribution in [0, 0.1) is 27.1 Å². The molecule has 5 saturated carbocycles. The minimum atomic E-state index is -0.384. The fourth-order valence-corrected chi connectivity index (χ4v) is 11.7. The molecule has 6 aliphatic rings. The number of rotatable bonds is 20.